The maximum absolute atomic E-state index is 11.5. The van der Waals surface area contributed by atoms with Crippen LogP contribution >= 0.6 is 11.8 Å². The summed E-state index contributed by atoms with van der Waals surface area (Å²) < 4.78 is 0. The van der Waals surface area contributed by atoms with E-state index < -0.39 is 0 Å². The third kappa shape index (κ3) is 2.61. The second-order valence-corrected chi connectivity index (χ2v) is 5.03. The Labute approximate surface area is 105 Å². The van der Waals surface area contributed by atoms with Crippen molar-refractivity contribution in [3.05, 3.63) is 29.8 Å². The Bertz CT molecular complexity index is 444. The summed E-state index contributed by atoms with van der Waals surface area (Å²) in [4.78, 5) is 26.2. The van der Waals surface area contributed by atoms with Gasteiger partial charge in [-0.05, 0) is 17.7 Å². The molecule has 1 heterocycles. The largest absolute Gasteiger partial charge is 0.378 e. The van der Waals surface area contributed by atoms with Gasteiger partial charge in [-0.15, -0.1) is 0 Å². The summed E-state index contributed by atoms with van der Waals surface area (Å²) in [5.74, 6) is 0.168. The summed E-state index contributed by atoms with van der Waals surface area (Å²) in [7, 11) is 3.92. The van der Waals surface area contributed by atoms with Crippen LogP contribution in [0.15, 0.2) is 24.3 Å². The highest BCUT2D eigenvalue weighted by Crippen LogP contribution is 2.22. The Morgan fingerprint density at radius 1 is 1.35 bits per heavy atom. The van der Waals surface area contributed by atoms with Crippen molar-refractivity contribution in [2.45, 2.75) is 6.54 Å². The summed E-state index contributed by atoms with van der Waals surface area (Å²) in [5.41, 5.74) is 2.04. The molecule has 4 nitrogen and oxygen atoms in total. The van der Waals surface area contributed by atoms with Crippen molar-refractivity contribution in [3.8, 4) is 0 Å². The lowest BCUT2D eigenvalue weighted by Crippen LogP contribution is -2.27. The Morgan fingerprint density at radius 2 is 2.12 bits per heavy atom. The molecule has 2 rings (SSSR count). The van der Waals surface area contributed by atoms with Crippen LogP contribution in [0, 0.1) is 0 Å². The van der Waals surface area contributed by atoms with Crippen molar-refractivity contribution in [1.29, 1.82) is 0 Å². The van der Waals surface area contributed by atoms with Gasteiger partial charge in [-0.1, -0.05) is 23.9 Å². The quantitative estimate of drug-likeness (QED) is 0.822. The van der Waals surface area contributed by atoms with Crippen molar-refractivity contribution in [2.75, 3.05) is 24.7 Å². The van der Waals surface area contributed by atoms with Crippen LogP contribution in [0.2, 0.25) is 0 Å². The molecule has 1 aromatic rings. The molecule has 1 aliphatic heterocycles. The van der Waals surface area contributed by atoms with E-state index in [0.29, 0.717) is 6.54 Å². The summed E-state index contributed by atoms with van der Waals surface area (Å²) in [6.07, 6.45) is 0. The Morgan fingerprint density at radius 3 is 2.71 bits per heavy atom. The van der Waals surface area contributed by atoms with E-state index in [1.165, 1.54) is 4.90 Å². The van der Waals surface area contributed by atoms with E-state index in [-0.39, 0.29) is 16.9 Å². The monoisotopic (exact) mass is 250 g/mol. The van der Waals surface area contributed by atoms with E-state index in [0.717, 1.165) is 23.0 Å². The third-order valence-electron chi connectivity index (χ3n) is 2.61. The molecular weight excluding hydrogens is 236 g/mol. The molecule has 0 radical (unpaired) electrons. The molecule has 1 aromatic carbocycles. The highest BCUT2D eigenvalue weighted by atomic mass is 32.2. The molecule has 0 atom stereocenters. The average molecular weight is 250 g/mol. The van der Waals surface area contributed by atoms with E-state index in [1.54, 1.807) is 0 Å². The lowest BCUT2D eigenvalue weighted by atomic mass is 10.2. The number of amides is 2. The maximum Gasteiger partial charge on any atom is 0.289 e. The molecule has 0 unspecified atom stereocenters. The number of carbonyl (C=O) groups is 2. The smallest absolute Gasteiger partial charge is 0.289 e. The molecule has 0 bridgehead atoms. The predicted molar refractivity (Wildman–Crippen MR) is 69.2 cm³/mol. The van der Waals surface area contributed by atoms with Crippen molar-refractivity contribution < 1.29 is 9.59 Å². The summed E-state index contributed by atoms with van der Waals surface area (Å²) in [5, 5.41) is -0.148. The van der Waals surface area contributed by atoms with Crippen LogP contribution in [-0.2, 0) is 11.3 Å². The van der Waals surface area contributed by atoms with E-state index in [4.69, 9.17) is 0 Å². The van der Waals surface area contributed by atoms with Crippen molar-refractivity contribution in [1.82, 2.24) is 4.90 Å². The molecule has 0 saturated carbocycles. The van der Waals surface area contributed by atoms with Gasteiger partial charge in [0, 0.05) is 19.8 Å². The van der Waals surface area contributed by atoms with Crippen LogP contribution in [0.5, 0.6) is 0 Å². The second kappa shape index (κ2) is 4.79. The molecule has 0 aliphatic carbocycles. The van der Waals surface area contributed by atoms with Gasteiger partial charge in [0.05, 0.1) is 12.3 Å². The van der Waals surface area contributed by atoms with E-state index >= 15 is 0 Å². The fourth-order valence-electron chi connectivity index (χ4n) is 1.65. The number of thioether (sulfide) groups is 1. The summed E-state index contributed by atoms with van der Waals surface area (Å²) in [6.45, 7) is 0.367. The van der Waals surface area contributed by atoms with Crippen LogP contribution in [0.25, 0.3) is 0 Å². The first-order valence-corrected chi connectivity index (χ1v) is 6.30. The van der Waals surface area contributed by atoms with Gasteiger partial charge in [0.2, 0.25) is 5.91 Å². The molecule has 5 heteroatoms. The first-order chi connectivity index (χ1) is 8.08. The number of rotatable bonds is 3. The minimum Gasteiger partial charge on any atom is -0.378 e. The Kier molecular flexibility index (Phi) is 3.38. The fraction of sp³-hybridized carbons (Fsp3) is 0.333. The Hall–Kier alpha value is -1.49. The fourth-order valence-corrected chi connectivity index (χ4v) is 2.37. The molecule has 1 saturated heterocycles. The first kappa shape index (κ1) is 12.0. The van der Waals surface area contributed by atoms with E-state index in [1.807, 2.05) is 43.3 Å². The zero-order chi connectivity index (χ0) is 12.4. The standard InChI is InChI=1S/C12H14N2O2S/c1-13(2)10-5-3-4-9(6-10)7-14-11(15)8-17-12(14)16/h3-6H,7-8H2,1-2H3. The van der Waals surface area contributed by atoms with E-state index in [9.17, 15) is 9.59 Å². The number of hydrogen-bond acceptors (Lipinski definition) is 4. The molecule has 90 valence electrons. The van der Waals surface area contributed by atoms with Crippen LogP contribution in [0.4, 0.5) is 10.5 Å². The molecule has 0 spiro atoms. The summed E-state index contributed by atoms with van der Waals surface area (Å²) in [6, 6.07) is 7.84. The van der Waals surface area contributed by atoms with Gasteiger partial charge in [-0.3, -0.25) is 14.5 Å². The van der Waals surface area contributed by atoms with Crippen molar-refractivity contribution >= 4 is 28.6 Å². The number of benzene rings is 1. The first-order valence-electron chi connectivity index (χ1n) is 5.31. The van der Waals surface area contributed by atoms with E-state index in [2.05, 4.69) is 0 Å². The molecule has 0 aromatic heterocycles. The lowest BCUT2D eigenvalue weighted by molar-refractivity contribution is -0.125. The minimum absolute atomic E-state index is 0.102. The zero-order valence-electron chi connectivity index (χ0n) is 9.84. The zero-order valence-corrected chi connectivity index (χ0v) is 10.7. The molecule has 0 N–H and O–H groups in total. The second-order valence-electron chi connectivity index (χ2n) is 4.10. The molecular formula is C12H14N2O2S. The van der Waals surface area contributed by atoms with Gasteiger partial charge in [0.25, 0.3) is 5.24 Å². The van der Waals surface area contributed by atoms with Gasteiger partial charge in [-0.25, -0.2) is 0 Å². The number of nitrogens with zero attached hydrogens (tertiary/aromatic N) is 2. The lowest BCUT2D eigenvalue weighted by Gasteiger charge is -2.16. The number of hydrogen-bond donors (Lipinski definition) is 0. The number of anilines is 1. The molecule has 17 heavy (non-hydrogen) atoms. The highest BCUT2D eigenvalue weighted by Gasteiger charge is 2.29. The van der Waals surface area contributed by atoms with Crippen LogP contribution in [0.1, 0.15) is 5.56 Å². The van der Waals surface area contributed by atoms with Crippen molar-refractivity contribution in [3.63, 3.8) is 0 Å². The van der Waals surface area contributed by atoms with Gasteiger partial charge < -0.3 is 4.90 Å². The SMILES string of the molecule is CN(C)c1cccc(CN2C(=O)CSC2=O)c1. The third-order valence-corrected chi connectivity index (χ3v) is 3.47. The average Bonchev–Trinajstić information content (AvgIpc) is 2.61. The predicted octanol–water partition coefficient (Wildman–Crippen LogP) is 1.95. The van der Waals surface area contributed by atoms with Gasteiger partial charge in [0.1, 0.15) is 0 Å². The maximum atomic E-state index is 11.5. The van der Waals surface area contributed by atoms with Gasteiger partial charge in [-0.2, -0.15) is 0 Å². The Balaban J connectivity index is 2.16. The number of imide groups is 1. The van der Waals surface area contributed by atoms with Crippen LogP contribution in [0.3, 0.4) is 0 Å². The minimum atomic E-state index is -0.148. The van der Waals surface area contributed by atoms with Crippen LogP contribution in [-0.4, -0.2) is 35.9 Å². The van der Waals surface area contributed by atoms with Crippen LogP contribution < -0.4 is 4.90 Å². The number of carbonyl (C=O) groups excluding carboxylic acids is 2. The van der Waals surface area contributed by atoms with Gasteiger partial charge in [0.15, 0.2) is 0 Å². The summed E-state index contributed by atoms with van der Waals surface area (Å²) >= 11 is 1.07. The molecule has 2 amide bonds. The van der Waals surface area contributed by atoms with Gasteiger partial charge >= 0.3 is 0 Å². The topological polar surface area (TPSA) is 40.6 Å². The highest BCUT2D eigenvalue weighted by molar-refractivity contribution is 8.14. The van der Waals surface area contributed by atoms with Crippen molar-refractivity contribution in [2.24, 2.45) is 0 Å². The normalized spacial score (nSPS) is 15.5. The molecule has 1 fully saturated rings. The molecule has 1 aliphatic rings.